The lowest BCUT2D eigenvalue weighted by molar-refractivity contribution is -0.142. The topological polar surface area (TPSA) is 53.9 Å². The maximum Gasteiger partial charge on any atom is 0.267 e. The average Bonchev–Trinajstić information content (AvgIpc) is 3.03. The molecular weight excluding hydrogens is 333 g/mol. The van der Waals surface area contributed by atoms with Gasteiger partial charge in [-0.15, -0.1) is 0 Å². The lowest BCUT2D eigenvalue weighted by atomic mass is 9.93. The number of likely N-dealkylation sites (tertiary alicyclic amines) is 1. The number of piperidine rings is 1. The van der Waals surface area contributed by atoms with Crippen molar-refractivity contribution >= 4 is 11.6 Å². The van der Waals surface area contributed by atoms with E-state index >= 15 is 0 Å². The van der Waals surface area contributed by atoms with E-state index in [0.29, 0.717) is 29.8 Å². The van der Waals surface area contributed by atoms with Crippen LogP contribution in [-0.2, 0) is 9.63 Å². The van der Waals surface area contributed by atoms with E-state index in [0.717, 1.165) is 25.9 Å². The molecule has 0 spiro atoms. The molecule has 2 heterocycles. The first kappa shape index (κ1) is 18.8. The third-order valence-electron chi connectivity index (χ3n) is 5.46. The number of carbonyl (C=O) groups is 1. The van der Waals surface area contributed by atoms with Crippen LogP contribution in [0.5, 0.6) is 0 Å². The van der Waals surface area contributed by atoms with Gasteiger partial charge in [-0.25, -0.2) is 4.39 Å². The summed E-state index contributed by atoms with van der Waals surface area (Å²) >= 11 is 0. The van der Waals surface area contributed by atoms with Gasteiger partial charge in [0.1, 0.15) is 5.82 Å². The number of nitrogens with zero attached hydrogens (tertiary/aromatic N) is 2. The zero-order valence-electron chi connectivity index (χ0n) is 15.8. The number of halogens is 1. The molecule has 1 fully saturated rings. The summed E-state index contributed by atoms with van der Waals surface area (Å²) in [6.07, 6.45) is 2.45. The molecule has 26 heavy (non-hydrogen) atoms. The van der Waals surface area contributed by atoms with Crippen molar-refractivity contribution in [1.82, 2.24) is 10.2 Å². The van der Waals surface area contributed by atoms with Crippen LogP contribution < -0.4 is 5.32 Å². The van der Waals surface area contributed by atoms with Gasteiger partial charge in [0, 0.05) is 24.6 Å². The lowest BCUT2D eigenvalue weighted by Gasteiger charge is -2.35. The number of oxime groups is 1. The molecule has 3 rings (SSSR count). The Kier molecular flexibility index (Phi) is 5.61. The van der Waals surface area contributed by atoms with Crippen molar-refractivity contribution in [3.63, 3.8) is 0 Å². The Bertz CT molecular complexity index is 683. The van der Waals surface area contributed by atoms with Crippen LogP contribution in [0, 0.1) is 11.7 Å². The minimum atomic E-state index is -1.07. The molecule has 0 aromatic heterocycles. The lowest BCUT2D eigenvalue weighted by Crippen LogP contribution is -2.47. The molecular formula is C20H28FN3O2. The van der Waals surface area contributed by atoms with Gasteiger partial charge in [0.2, 0.25) is 5.60 Å². The van der Waals surface area contributed by atoms with Crippen LogP contribution in [0.2, 0.25) is 0 Å². The van der Waals surface area contributed by atoms with Crippen molar-refractivity contribution in [2.24, 2.45) is 11.1 Å². The van der Waals surface area contributed by atoms with Gasteiger partial charge in [0.05, 0.1) is 5.71 Å². The van der Waals surface area contributed by atoms with Crippen LogP contribution in [0.4, 0.5) is 4.39 Å². The van der Waals surface area contributed by atoms with E-state index in [2.05, 4.69) is 29.2 Å². The van der Waals surface area contributed by atoms with E-state index < -0.39 is 5.60 Å². The molecule has 0 unspecified atom stereocenters. The van der Waals surface area contributed by atoms with Crippen LogP contribution in [0.15, 0.2) is 29.4 Å². The van der Waals surface area contributed by atoms with E-state index in [-0.39, 0.29) is 18.1 Å². The highest BCUT2D eigenvalue weighted by atomic mass is 19.1. The van der Waals surface area contributed by atoms with Gasteiger partial charge in [0.15, 0.2) is 0 Å². The summed E-state index contributed by atoms with van der Waals surface area (Å²) in [7, 11) is 0. The minimum Gasteiger partial charge on any atom is -0.379 e. The van der Waals surface area contributed by atoms with Crippen molar-refractivity contribution in [2.45, 2.75) is 51.7 Å². The van der Waals surface area contributed by atoms with E-state index in [4.69, 9.17) is 4.84 Å². The fraction of sp³-hybridized carbons (Fsp3) is 0.600. The monoisotopic (exact) mass is 361 g/mol. The normalized spacial score (nSPS) is 24.4. The molecule has 6 heteroatoms. The van der Waals surface area contributed by atoms with Gasteiger partial charge < -0.3 is 15.1 Å². The molecule has 2 aliphatic rings. The zero-order valence-corrected chi connectivity index (χ0v) is 15.8. The highest BCUT2D eigenvalue weighted by Crippen LogP contribution is 2.28. The Morgan fingerprint density at radius 2 is 2.08 bits per heavy atom. The molecule has 1 atom stereocenters. The quantitative estimate of drug-likeness (QED) is 0.877. The van der Waals surface area contributed by atoms with E-state index in [1.165, 1.54) is 6.07 Å². The highest BCUT2D eigenvalue weighted by molar-refractivity contribution is 6.05. The molecule has 0 aliphatic carbocycles. The largest absolute Gasteiger partial charge is 0.379 e. The van der Waals surface area contributed by atoms with Crippen LogP contribution in [-0.4, -0.2) is 47.8 Å². The number of nitrogens with one attached hydrogen (secondary N) is 1. The molecule has 0 saturated carbocycles. The van der Waals surface area contributed by atoms with Crippen LogP contribution in [0.3, 0.4) is 0 Å². The summed E-state index contributed by atoms with van der Waals surface area (Å²) in [5.74, 6) is -0.0405. The zero-order chi connectivity index (χ0) is 18.7. The number of carbonyl (C=O) groups excluding carboxylic acids is 1. The van der Waals surface area contributed by atoms with Gasteiger partial charge in [-0.1, -0.05) is 23.4 Å². The molecule has 142 valence electrons. The Labute approximate surface area is 154 Å². The Balaban J connectivity index is 1.51. The number of benzene rings is 1. The van der Waals surface area contributed by atoms with Gasteiger partial charge in [0.25, 0.3) is 5.91 Å². The summed E-state index contributed by atoms with van der Waals surface area (Å²) < 4.78 is 13.9. The van der Waals surface area contributed by atoms with Crippen LogP contribution >= 0.6 is 0 Å². The predicted molar refractivity (Wildman–Crippen MR) is 99.5 cm³/mol. The standard InChI is InChI=1S/C20H28FN3O2/c1-14(2)24-10-8-15(9-11-24)13-22-19(25)20(3)12-18(23-26-20)16-6-4-5-7-17(16)21/h4-7,14-15H,8-13H2,1-3H3,(H,22,25)/t20-/m0/s1. The maximum absolute atomic E-state index is 13.9. The smallest absolute Gasteiger partial charge is 0.267 e. The number of rotatable bonds is 5. The van der Waals surface area contributed by atoms with Crippen molar-refractivity contribution in [1.29, 1.82) is 0 Å². The van der Waals surface area contributed by atoms with Crippen molar-refractivity contribution in [3.8, 4) is 0 Å². The van der Waals surface area contributed by atoms with E-state index in [9.17, 15) is 9.18 Å². The Morgan fingerprint density at radius 3 is 2.73 bits per heavy atom. The fourth-order valence-corrected chi connectivity index (χ4v) is 3.60. The van der Waals surface area contributed by atoms with Crippen molar-refractivity contribution in [2.75, 3.05) is 19.6 Å². The molecule has 0 radical (unpaired) electrons. The number of amides is 1. The Hall–Kier alpha value is -1.95. The highest BCUT2D eigenvalue weighted by Gasteiger charge is 2.42. The first-order valence-corrected chi connectivity index (χ1v) is 9.41. The summed E-state index contributed by atoms with van der Waals surface area (Å²) in [6, 6.07) is 7.00. The molecule has 2 aliphatic heterocycles. The second-order valence-electron chi connectivity index (χ2n) is 7.80. The van der Waals surface area contributed by atoms with E-state index in [1.54, 1.807) is 25.1 Å². The van der Waals surface area contributed by atoms with Crippen LogP contribution in [0.1, 0.15) is 45.6 Å². The predicted octanol–water partition coefficient (Wildman–Crippen LogP) is 2.95. The maximum atomic E-state index is 13.9. The summed E-state index contributed by atoms with van der Waals surface area (Å²) in [4.78, 5) is 20.5. The molecule has 5 nitrogen and oxygen atoms in total. The number of hydrogen-bond donors (Lipinski definition) is 1. The first-order chi connectivity index (χ1) is 12.4. The Morgan fingerprint density at radius 1 is 1.38 bits per heavy atom. The SMILES string of the molecule is CC(C)N1CCC(CNC(=O)[C@]2(C)CC(c3ccccc3F)=NO2)CC1. The van der Waals surface area contributed by atoms with Crippen molar-refractivity contribution < 1.29 is 14.0 Å². The molecule has 0 bridgehead atoms. The van der Waals surface area contributed by atoms with Gasteiger partial charge in [-0.05, 0) is 58.7 Å². The molecule has 1 aromatic carbocycles. The van der Waals surface area contributed by atoms with Crippen molar-refractivity contribution in [3.05, 3.63) is 35.6 Å². The third-order valence-corrected chi connectivity index (χ3v) is 5.46. The van der Waals surface area contributed by atoms with Crippen LogP contribution in [0.25, 0.3) is 0 Å². The van der Waals surface area contributed by atoms with Gasteiger partial charge in [-0.3, -0.25) is 4.79 Å². The summed E-state index contributed by atoms with van der Waals surface area (Å²) in [5, 5.41) is 6.99. The first-order valence-electron chi connectivity index (χ1n) is 9.41. The minimum absolute atomic E-state index is 0.182. The van der Waals surface area contributed by atoms with E-state index in [1.807, 2.05) is 0 Å². The summed E-state index contributed by atoms with van der Waals surface area (Å²) in [5.41, 5.74) is -0.202. The fourth-order valence-electron chi connectivity index (χ4n) is 3.60. The second-order valence-corrected chi connectivity index (χ2v) is 7.80. The van der Waals surface area contributed by atoms with Gasteiger partial charge in [-0.2, -0.15) is 0 Å². The molecule has 1 aromatic rings. The molecule has 1 amide bonds. The summed E-state index contributed by atoms with van der Waals surface area (Å²) in [6.45, 7) is 8.94. The third kappa shape index (κ3) is 4.06. The molecule has 1 saturated heterocycles. The van der Waals surface area contributed by atoms with Gasteiger partial charge >= 0.3 is 0 Å². The molecule has 1 N–H and O–H groups in total. The number of hydrogen-bond acceptors (Lipinski definition) is 4. The second kappa shape index (κ2) is 7.74. The average molecular weight is 361 g/mol.